The Morgan fingerprint density at radius 1 is 1.19 bits per heavy atom. The predicted molar refractivity (Wildman–Crippen MR) is 98.4 cm³/mol. The van der Waals surface area contributed by atoms with Gasteiger partial charge in [0.1, 0.15) is 0 Å². The summed E-state index contributed by atoms with van der Waals surface area (Å²) in [5, 5.41) is 2.95. The van der Waals surface area contributed by atoms with Gasteiger partial charge in [-0.3, -0.25) is 4.79 Å². The molecule has 136 valence electrons. The summed E-state index contributed by atoms with van der Waals surface area (Å²) >= 11 is 2.22. The molecule has 0 unspecified atom stereocenters. The number of halogens is 2. The molecule has 5 nitrogen and oxygen atoms in total. The molecule has 0 atom stereocenters. The lowest BCUT2D eigenvalue weighted by atomic mass is 10.3. The lowest BCUT2D eigenvalue weighted by Crippen LogP contribution is -2.13. The molecule has 0 saturated heterocycles. The van der Waals surface area contributed by atoms with E-state index in [0.717, 1.165) is 41.5 Å². The maximum absolute atomic E-state index is 13.1. The fourth-order valence-corrected chi connectivity index (χ4v) is 4.42. The van der Waals surface area contributed by atoms with Crippen molar-refractivity contribution < 1.29 is 22.0 Å². The topological polar surface area (TPSA) is 76.1 Å². The van der Waals surface area contributed by atoms with Crippen molar-refractivity contribution in [3.63, 3.8) is 0 Å². The summed E-state index contributed by atoms with van der Waals surface area (Å²) in [6.07, 6.45) is 1.12. The quantitative estimate of drug-likeness (QED) is 0.644. The first-order chi connectivity index (χ1) is 12.2. The van der Waals surface area contributed by atoms with Crippen LogP contribution in [0.5, 0.6) is 0 Å². The average Bonchev–Trinajstić information content (AvgIpc) is 2.96. The number of nitrogens with one attached hydrogen (secondary N) is 1. The Morgan fingerprint density at radius 2 is 1.96 bits per heavy atom. The molecule has 2 aromatic carbocycles. The van der Waals surface area contributed by atoms with E-state index in [9.17, 15) is 22.0 Å². The molecule has 1 N–H and O–H groups in total. The second-order valence-corrected chi connectivity index (χ2v) is 9.43. The van der Waals surface area contributed by atoms with E-state index in [1.165, 1.54) is 18.2 Å². The smallest absolute Gasteiger partial charge is 0.236 e. The SMILES string of the molecule is CS(=O)(=O)c1ccc2nc(NC(=O)CSc3ccc(F)c(F)c3)sc2c1. The minimum absolute atomic E-state index is 0.00438. The Balaban J connectivity index is 1.68. The van der Waals surface area contributed by atoms with Gasteiger partial charge in [-0.05, 0) is 36.4 Å². The predicted octanol–water partition coefficient (Wildman–Crippen LogP) is 3.71. The van der Waals surface area contributed by atoms with Crippen LogP contribution in [0.3, 0.4) is 0 Å². The molecule has 0 aliphatic rings. The van der Waals surface area contributed by atoms with E-state index in [4.69, 9.17) is 0 Å². The standard InChI is InChI=1S/C16H12F2N2O3S3/c1-26(22,23)10-3-5-13-14(7-10)25-16(19-13)20-15(21)8-24-9-2-4-11(17)12(18)6-9/h2-7H,8H2,1H3,(H,19,20,21). The Labute approximate surface area is 156 Å². The van der Waals surface area contributed by atoms with Gasteiger partial charge >= 0.3 is 0 Å². The van der Waals surface area contributed by atoms with Crippen LogP contribution in [0.4, 0.5) is 13.9 Å². The molecule has 0 spiro atoms. The zero-order valence-corrected chi connectivity index (χ0v) is 15.8. The summed E-state index contributed by atoms with van der Waals surface area (Å²) < 4.78 is 49.8. The van der Waals surface area contributed by atoms with Gasteiger partial charge in [-0.2, -0.15) is 0 Å². The molecule has 0 bridgehead atoms. The molecule has 0 saturated carbocycles. The molecule has 10 heteroatoms. The third kappa shape index (κ3) is 4.37. The van der Waals surface area contributed by atoms with Gasteiger partial charge in [0.2, 0.25) is 5.91 Å². The number of thiazole rings is 1. The molecule has 1 aromatic heterocycles. The zero-order chi connectivity index (χ0) is 18.9. The number of anilines is 1. The molecular weight excluding hydrogens is 402 g/mol. The van der Waals surface area contributed by atoms with E-state index in [1.54, 1.807) is 6.07 Å². The first kappa shape index (κ1) is 18.7. The maximum Gasteiger partial charge on any atom is 0.236 e. The molecular formula is C16H12F2N2O3S3. The number of sulfone groups is 1. The number of carbonyl (C=O) groups is 1. The number of rotatable bonds is 5. The minimum Gasteiger partial charge on any atom is -0.301 e. The van der Waals surface area contributed by atoms with Crippen LogP contribution in [0, 0.1) is 11.6 Å². The van der Waals surface area contributed by atoms with Gasteiger partial charge in [0, 0.05) is 11.2 Å². The summed E-state index contributed by atoms with van der Waals surface area (Å²) in [6.45, 7) is 0. The lowest BCUT2D eigenvalue weighted by molar-refractivity contribution is -0.113. The number of thioether (sulfide) groups is 1. The van der Waals surface area contributed by atoms with Crippen LogP contribution >= 0.6 is 23.1 Å². The number of hydrogen-bond donors (Lipinski definition) is 1. The molecule has 3 aromatic rings. The van der Waals surface area contributed by atoms with Crippen molar-refractivity contribution in [2.24, 2.45) is 0 Å². The molecule has 0 radical (unpaired) electrons. The Kier molecular flexibility index (Phi) is 5.26. The van der Waals surface area contributed by atoms with Crippen LogP contribution in [0.1, 0.15) is 0 Å². The monoisotopic (exact) mass is 414 g/mol. The van der Waals surface area contributed by atoms with Crippen LogP contribution in [0.15, 0.2) is 46.2 Å². The maximum atomic E-state index is 13.1. The van der Waals surface area contributed by atoms with E-state index in [1.807, 2.05) is 0 Å². The van der Waals surface area contributed by atoms with Gasteiger partial charge in [-0.1, -0.05) is 11.3 Å². The van der Waals surface area contributed by atoms with Crippen molar-refractivity contribution in [2.75, 3.05) is 17.3 Å². The zero-order valence-electron chi connectivity index (χ0n) is 13.3. The minimum atomic E-state index is -3.32. The van der Waals surface area contributed by atoms with Crippen molar-refractivity contribution in [3.8, 4) is 0 Å². The molecule has 0 aliphatic carbocycles. The van der Waals surface area contributed by atoms with E-state index >= 15 is 0 Å². The first-order valence-electron chi connectivity index (χ1n) is 7.21. The van der Waals surface area contributed by atoms with Crippen LogP contribution in [-0.2, 0) is 14.6 Å². The highest BCUT2D eigenvalue weighted by atomic mass is 32.2. The Bertz CT molecular complexity index is 1100. The van der Waals surface area contributed by atoms with Crippen molar-refractivity contribution in [2.45, 2.75) is 9.79 Å². The van der Waals surface area contributed by atoms with Gasteiger partial charge in [0.15, 0.2) is 26.6 Å². The first-order valence-corrected chi connectivity index (χ1v) is 10.9. The Hall–Kier alpha value is -2.04. The number of aromatic nitrogens is 1. The molecule has 26 heavy (non-hydrogen) atoms. The summed E-state index contributed by atoms with van der Waals surface area (Å²) in [4.78, 5) is 16.9. The number of fused-ring (bicyclic) bond motifs is 1. The lowest BCUT2D eigenvalue weighted by Gasteiger charge is -2.02. The van der Waals surface area contributed by atoms with Gasteiger partial charge in [0.25, 0.3) is 0 Å². The molecule has 1 amide bonds. The van der Waals surface area contributed by atoms with Gasteiger partial charge in [-0.25, -0.2) is 22.2 Å². The van der Waals surface area contributed by atoms with Crippen molar-refractivity contribution in [1.82, 2.24) is 4.98 Å². The highest BCUT2D eigenvalue weighted by Crippen LogP contribution is 2.28. The second-order valence-electron chi connectivity index (χ2n) is 5.33. The van der Waals surface area contributed by atoms with Gasteiger partial charge < -0.3 is 5.32 Å². The molecule has 0 fully saturated rings. The van der Waals surface area contributed by atoms with E-state index in [0.29, 0.717) is 20.2 Å². The second kappa shape index (κ2) is 7.29. The Morgan fingerprint density at radius 3 is 2.65 bits per heavy atom. The number of carbonyl (C=O) groups excluding carboxylic acids is 1. The van der Waals surface area contributed by atoms with Crippen molar-refractivity contribution >= 4 is 54.2 Å². The summed E-state index contributed by atoms with van der Waals surface area (Å²) in [7, 11) is -3.32. The third-order valence-corrected chi connectivity index (χ3v) is 6.33. The molecule has 0 aliphatic heterocycles. The van der Waals surface area contributed by atoms with Gasteiger partial charge in [0.05, 0.1) is 20.9 Å². The largest absolute Gasteiger partial charge is 0.301 e. The normalized spacial score (nSPS) is 11.7. The highest BCUT2D eigenvalue weighted by Gasteiger charge is 2.13. The highest BCUT2D eigenvalue weighted by molar-refractivity contribution is 8.00. The van der Waals surface area contributed by atoms with Crippen LogP contribution < -0.4 is 5.32 Å². The molecule has 3 rings (SSSR count). The number of benzene rings is 2. The molecule has 1 heterocycles. The number of hydrogen-bond acceptors (Lipinski definition) is 6. The number of amides is 1. The fourth-order valence-electron chi connectivity index (χ4n) is 2.06. The van der Waals surface area contributed by atoms with E-state index in [-0.39, 0.29) is 16.6 Å². The fraction of sp³-hybridized carbons (Fsp3) is 0.125. The summed E-state index contributed by atoms with van der Waals surface area (Å²) in [6, 6.07) is 7.96. The third-order valence-electron chi connectivity index (χ3n) is 3.30. The van der Waals surface area contributed by atoms with Crippen LogP contribution in [0.2, 0.25) is 0 Å². The van der Waals surface area contributed by atoms with Gasteiger partial charge in [-0.15, -0.1) is 11.8 Å². The number of nitrogens with zero attached hydrogens (tertiary/aromatic N) is 1. The van der Waals surface area contributed by atoms with E-state index in [2.05, 4.69) is 10.3 Å². The van der Waals surface area contributed by atoms with Crippen LogP contribution in [-0.4, -0.2) is 31.3 Å². The average molecular weight is 414 g/mol. The van der Waals surface area contributed by atoms with Crippen molar-refractivity contribution in [3.05, 3.63) is 48.0 Å². The summed E-state index contributed by atoms with van der Waals surface area (Å²) in [5.74, 6) is -2.28. The van der Waals surface area contributed by atoms with Crippen molar-refractivity contribution in [1.29, 1.82) is 0 Å². The van der Waals surface area contributed by atoms with E-state index < -0.39 is 21.5 Å². The van der Waals surface area contributed by atoms with Crippen LogP contribution in [0.25, 0.3) is 10.2 Å². The summed E-state index contributed by atoms with van der Waals surface area (Å²) in [5.41, 5.74) is 0.575.